The molecule has 0 spiro atoms. The smallest absolute Gasteiger partial charge is 0.338 e. The van der Waals surface area contributed by atoms with Crippen LogP contribution in [0.4, 0.5) is 10.5 Å². The Morgan fingerprint density at radius 3 is 2.84 bits per heavy atom. The van der Waals surface area contributed by atoms with Crippen LogP contribution in [0.25, 0.3) is 5.00 Å². The van der Waals surface area contributed by atoms with Crippen molar-refractivity contribution in [3.05, 3.63) is 69.9 Å². The van der Waals surface area contributed by atoms with Crippen LogP contribution in [0.2, 0.25) is 0 Å². The van der Waals surface area contributed by atoms with E-state index in [1.54, 1.807) is 31.2 Å². The molecule has 1 unspecified atom stereocenters. The van der Waals surface area contributed by atoms with Gasteiger partial charge in [0.05, 0.1) is 24.8 Å². The van der Waals surface area contributed by atoms with Crippen molar-refractivity contribution in [2.75, 3.05) is 11.9 Å². The first-order valence-corrected chi connectivity index (χ1v) is 12.0. The maximum Gasteiger partial charge on any atom is 0.338 e. The number of benzene rings is 1. The number of rotatable bonds is 3. The Kier molecular flexibility index (Phi) is 5.51. The SMILES string of the molecule is CCOC(=O)c1cccc(NC(=O)N2Cc3c(sc4c3CCCC4)-n3cccc3C2C)c1. The van der Waals surface area contributed by atoms with Gasteiger partial charge >= 0.3 is 12.0 Å². The van der Waals surface area contributed by atoms with Crippen molar-refractivity contribution in [2.45, 2.75) is 52.1 Å². The van der Waals surface area contributed by atoms with Crippen molar-refractivity contribution < 1.29 is 14.3 Å². The van der Waals surface area contributed by atoms with Gasteiger partial charge in [0.15, 0.2) is 0 Å². The van der Waals surface area contributed by atoms with Gasteiger partial charge in [-0.1, -0.05) is 6.07 Å². The molecular formula is C25H27N3O3S. The summed E-state index contributed by atoms with van der Waals surface area (Å²) < 4.78 is 7.35. The summed E-state index contributed by atoms with van der Waals surface area (Å²) in [6.45, 7) is 4.74. The number of fused-ring (bicyclic) bond motifs is 5. The number of carbonyl (C=O) groups excluding carboxylic acids is 2. The van der Waals surface area contributed by atoms with Gasteiger partial charge in [-0.15, -0.1) is 11.3 Å². The molecule has 1 aliphatic carbocycles. The number of aryl methyl sites for hydroxylation is 1. The first kappa shape index (κ1) is 20.8. The normalized spacial score (nSPS) is 17.1. The van der Waals surface area contributed by atoms with Crippen LogP contribution in [-0.2, 0) is 24.1 Å². The van der Waals surface area contributed by atoms with E-state index in [1.165, 1.54) is 33.8 Å². The number of thiophene rings is 1. The number of hydrogen-bond donors (Lipinski definition) is 1. The number of amides is 2. The van der Waals surface area contributed by atoms with Crippen LogP contribution in [0.5, 0.6) is 0 Å². The van der Waals surface area contributed by atoms with E-state index in [1.807, 2.05) is 16.2 Å². The maximum absolute atomic E-state index is 13.5. The number of esters is 1. The molecule has 0 fully saturated rings. The number of urea groups is 1. The molecule has 2 amide bonds. The van der Waals surface area contributed by atoms with Crippen LogP contribution >= 0.6 is 11.3 Å². The summed E-state index contributed by atoms with van der Waals surface area (Å²) in [6.07, 6.45) is 6.77. The third-order valence-electron chi connectivity index (χ3n) is 6.37. The molecule has 0 radical (unpaired) electrons. The van der Waals surface area contributed by atoms with Gasteiger partial charge in [-0.3, -0.25) is 0 Å². The molecule has 3 heterocycles. The zero-order valence-corrected chi connectivity index (χ0v) is 19.2. The van der Waals surface area contributed by atoms with Crippen molar-refractivity contribution in [1.29, 1.82) is 0 Å². The number of anilines is 1. The van der Waals surface area contributed by atoms with Gasteiger partial charge in [0, 0.05) is 28.0 Å². The topological polar surface area (TPSA) is 63.6 Å². The fourth-order valence-corrected chi connectivity index (χ4v) is 6.15. The minimum absolute atomic E-state index is 0.0860. The fourth-order valence-electron chi connectivity index (χ4n) is 4.74. The third-order valence-corrected chi connectivity index (χ3v) is 7.70. The predicted octanol–water partition coefficient (Wildman–Crippen LogP) is 5.70. The van der Waals surface area contributed by atoms with Gasteiger partial charge in [0.1, 0.15) is 5.00 Å². The second kappa shape index (κ2) is 8.47. The minimum Gasteiger partial charge on any atom is -0.462 e. The molecule has 3 aromatic rings. The Hall–Kier alpha value is -3.06. The Morgan fingerprint density at radius 1 is 1.16 bits per heavy atom. The van der Waals surface area contributed by atoms with Crippen molar-refractivity contribution in [2.24, 2.45) is 0 Å². The van der Waals surface area contributed by atoms with Gasteiger partial charge in [-0.25, -0.2) is 9.59 Å². The standard InChI is InChI=1S/C25H27N3O3S/c1-3-31-24(29)17-8-6-9-18(14-17)26-25(30)28-15-20-19-10-4-5-12-22(19)32-23(20)27-13-7-11-21(27)16(28)2/h6-9,11,13-14,16H,3-5,10,12,15H2,1-2H3,(H,26,30). The lowest BCUT2D eigenvalue weighted by Crippen LogP contribution is -2.36. The first-order valence-electron chi connectivity index (χ1n) is 11.2. The number of hydrogen-bond acceptors (Lipinski definition) is 4. The molecule has 1 aromatic carbocycles. The third kappa shape index (κ3) is 3.60. The zero-order chi connectivity index (χ0) is 22.2. The van der Waals surface area contributed by atoms with Crippen LogP contribution in [0, 0.1) is 0 Å². The Labute approximate surface area is 191 Å². The van der Waals surface area contributed by atoms with Crippen molar-refractivity contribution in [1.82, 2.24) is 9.47 Å². The molecule has 1 aliphatic heterocycles. The molecule has 7 heteroatoms. The van der Waals surface area contributed by atoms with Crippen molar-refractivity contribution >= 4 is 29.0 Å². The van der Waals surface area contributed by atoms with E-state index in [0.717, 1.165) is 18.5 Å². The molecule has 1 N–H and O–H groups in total. The van der Waals surface area contributed by atoms with Gasteiger partial charge in [0.25, 0.3) is 0 Å². The lowest BCUT2D eigenvalue weighted by Gasteiger charge is -2.28. The van der Waals surface area contributed by atoms with Crippen LogP contribution in [-0.4, -0.2) is 28.1 Å². The van der Waals surface area contributed by atoms with Crippen LogP contribution in [0.1, 0.15) is 64.8 Å². The molecule has 32 heavy (non-hydrogen) atoms. The minimum atomic E-state index is -0.390. The molecule has 2 aromatic heterocycles. The second-order valence-electron chi connectivity index (χ2n) is 8.33. The Bertz CT molecular complexity index is 1180. The number of nitrogens with zero attached hydrogens (tertiary/aromatic N) is 2. The van der Waals surface area contributed by atoms with E-state index in [0.29, 0.717) is 24.4 Å². The summed E-state index contributed by atoms with van der Waals surface area (Å²) in [5.41, 5.74) is 4.84. The van der Waals surface area contributed by atoms with E-state index in [2.05, 4.69) is 35.1 Å². The highest BCUT2D eigenvalue weighted by Crippen LogP contribution is 2.42. The van der Waals surface area contributed by atoms with Gasteiger partial charge in [-0.2, -0.15) is 0 Å². The van der Waals surface area contributed by atoms with Crippen LogP contribution in [0.3, 0.4) is 0 Å². The van der Waals surface area contributed by atoms with Crippen molar-refractivity contribution in [3.8, 4) is 5.00 Å². The Balaban J connectivity index is 1.46. The van der Waals surface area contributed by atoms with E-state index in [4.69, 9.17) is 4.74 Å². The summed E-state index contributed by atoms with van der Waals surface area (Å²) in [4.78, 5) is 28.9. The highest BCUT2D eigenvalue weighted by atomic mass is 32.1. The molecule has 2 aliphatic rings. The summed E-state index contributed by atoms with van der Waals surface area (Å²) in [5.74, 6) is -0.390. The van der Waals surface area contributed by atoms with E-state index in [-0.39, 0.29) is 18.0 Å². The van der Waals surface area contributed by atoms with E-state index >= 15 is 0 Å². The lowest BCUT2D eigenvalue weighted by molar-refractivity contribution is 0.0526. The average molecular weight is 450 g/mol. The summed E-state index contributed by atoms with van der Waals surface area (Å²) in [7, 11) is 0. The molecule has 0 saturated heterocycles. The highest BCUT2D eigenvalue weighted by Gasteiger charge is 2.33. The summed E-state index contributed by atoms with van der Waals surface area (Å²) in [5, 5.41) is 4.26. The van der Waals surface area contributed by atoms with Crippen LogP contribution < -0.4 is 5.32 Å². The van der Waals surface area contributed by atoms with Gasteiger partial charge < -0.3 is 19.5 Å². The molecule has 0 bridgehead atoms. The molecular weight excluding hydrogens is 422 g/mol. The molecule has 1 atom stereocenters. The predicted molar refractivity (Wildman–Crippen MR) is 126 cm³/mol. The monoisotopic (exact) mass is 449 g/mol. The molecule has 0 saturated carbocycles. The largest absolute Gasteiger partial charge is 0.462 e. The summed E-state index contributed by atoms with van der Waals surface area (Å²) in [6, 6.07) is 10.8. The maximum atomic E-state index is 13.5. The average Bonchev–Trinajstić information content (AvgIpc) is 3.39. The first-order chi connectivity index (χ1) is 15.6. The second-order valence-corrected chi connectivity index (χ2v) is 9.42. The van der Waals surface area contributed by atoms with Gasteiger partial charge in [0.2, 0.25) is 0 Å². The van der Waals surface area contributed by atoms with Crippen molar-refractivity contribution in [3.63, 3.8) is 0 Å². The van der Waals surface area contributed by atoms with E-state index < -0.39 is 0 Å². The quantitative estimate of drug-likeness (QED) is 0.522. The lowest BCUT2D eigenvalue weighted by atomic mass is 9.95. The number of ether oxygens (including phenoxy) is 1. The number of carbonyl (C=O) groups is 2. The number of aromatic nitrogens is 1. The number of nitrogens with one attached hydrogen (secondary N) is 1. The van der Waals surface area contributed by atoms with E-state index in [9.17, 15) is 9.59 Å². The Morgan fingerprint density at radius 2 is 2.00 bits per heavy atom. The summed E-state index contributed by atoms with van der Waals surface area (Å²) >= 11 is 1.88. The zero-order valence-electron chi connectivity index (χ0n) is 18.4. The van der Waals surface area contributed by atoms with Gasteiger partial charge in [-0.05, 0) is 75.4 Å². The highest BCUT2D eigenvalue weighted by molar-refractivity contribution is 7.15. The molecule has 166 valence electrons. The molecule has 5 rings (SSSR count). The van der Waals surface area contributed by atoms with Crippen LogP contribution in [0.15, 0.2) is 42.6 Å². The fraction of sp³-hybridized carbons (Fsp3) is 0.360. The molecule has 6 nitrogen and oxygen atoms in total.